The lowest BCUT2D eigenvalue weighted by Crippen LogP contribution is -2.81. The molecule has 44 heavy (non-hydrogen) atoms. The number of hydrogen-bond acceptors (Lipinski definition) is 10. The second-order valence-corrected chi connectivity index (χ2v) is 13.6. The van der Waals surface area contributed by atoms with Crippen molar-refractivity contribution in [3.63, 3.8) is 0 Å². The number of benzene rings is 1. The quantitative estimate of drug-likeness (QED) is 0.254. The van der Waals surface area contributed by atoms with Crippen LogP contribution in [0.5, 0.6) is 0 Å². The molecule has 1 saturated heterocycles. The van der Waals surface area contributed by atoms with Crippen molar-refractivity contribution in [1.82, 2.24) is 0 Å². The summed E-state index contributed by atoms with van der Waals surface area (Å²) >= 11 is 4.82. The molecule has 2 bridgehead atoms. The van der Waals surface area contributed by atoms with E-state index in [2.05, 4.69) is 0 Å². The number of ketones is 1. The summed E-state index contributed by atoms with van der Waals surface area (Å²) < 4.78 is 17.9. The van der Waals surface area contributed by atoms with Crippen molar-refractivity contribution < 1.29 is 48.7 Å². The molecule has 1 heterocycles. The zero-order valence-electron chi connectivity index (χ0n) is 26.3. The van der Waals surface area contributed by atoms with E-state index in [1.165, 1.54) is 6.92 Å². The predicted octanol–water partition coefficient (Wildman–Crippen LogP) is 3.52. The molecule has 1 aromatic carbocycles. The molecule has 0 spiro atoms. The van der Waals surface area contributed by atoms with Gasteiger partial charge in [-0.1, -0.05) is 45.9 Å². The van der Waals surface area contributed by atoms with Crippen LogP contribution in [0.4, 0.5) is 0 Å². The molecule has 5 rings (SSSR count). The Labute approximate surface area is 262 Å². The smallest absolute Gasteiger partial charge is 0.338 e. The summed E-state index contributed by atoms with van der Waals surface area (Å²) in [6, 6.07) is 8.26. The summed E-state index contributed by atoms with van der Waals surface area (Å²) in [4.78, 5) is 50.2. The Hall–Kier alpha value is -2.63. The van der Waals surface area contributed by atoms with Crippen molar-refractivity contribution in [2.45, 2.75) is 103 Å². The Balaban J connectivity index is 0.000000818. The van der Waals surface area contributed by atoms with Gasteiger partial charge in [-0.15, -0.1) is 0 Å². The third-order valence-electron chi connectivity index (χ3n) is 10.5. The first-order valence-corrected chi connectivity index (χ1v) is 15.4. The van der Waals surface area contributed by atoms with Crippen LogP contribution in [-0.2, 0) is 28.6 Å². The molecule has 3 N–H and O–H groups in total. The SMILES string of the molecule is CC(=O)O[C@@]12CO[C@@H]1C[C@H](O)[C@@]1(C)C(=O)[C@H](C)C3=C(C)[C@@H](O)C[C@@](O)([C@@H](OC(=O)c4ccccc4)C12)C3(C)C.CCC(=O)Cl. The molecule has 9 atom stereocenters. The van der Waals surface area contributed by atoms with Gasteiger partial charge in [-0.2, -0.15) is 0 Å². The van der Waals surface area contributed by atoms with Crippen LogP contribution in [0.15, 0.2) is 41.5 Å². The first-order chi connectivity index (χ1) is 20.4. The molecule has 1 aromatic rings. The number of fused-ring (bicyclic) bond motifs is 5. The van der Waals surface area contributed by atoms with Gasteiger partial charge in [0.05, 0.1) is 35.7 Å². The largest absolute Gasteiger partial charge is 0.455 e. The van der Waals surface area contributed by atoms with Crippen molar-refractivity contribution in [1.29, 1.82) is 0 Å². The molecule has 4 aliphatic rings. The molecule has 0 amide bonds. The zero-order chi connectivity index (χ0) is 33.0. The summed E-state index contributed by atoms with van der Waals surface area (Å²) in [5.74, 6) is -3.66. The lowest BCUT2D eigenvalue weighted by Gasteiger charge is -2.67. The molecular formula is C33H43ClO10. The fraction of sp³-hybridized carbons (Fsp3) is 0.636. The highest BCUT2D eigenvalue weighted by Gasteiger charge is 2.77. The van der Waals surface area contributed by atoms with Crippen LogP contribution in [0.25, 0.3) is 0 Å². The number of ether oxygens (including phenoxy) is 3. The molecular weight excluding hydrogens is 592 g/mol. The van der Waals surface area contributed by atoms with Gasteiger partial charge in [-0.25, -0.2) is 4.79 Å². The van der Waals surface area contributed by atoms with E-state index in [1.807, 2.05) is 0 Å². The van der Waals surface area contributed by atoms with Gasteiger partial charge >= 0.3 is 11.9 Å². The second kappa shape index (κ2) is 11.9. The molecule has 2 saturated carbocycles. The molecule has 242 valence electrons. The molecule has 0 aromatic heterocycles. The first kappa shape index (κ1) is 34.2. The van der Waals surface area contributed by atoms with Crippen molar-refractivity contribution in [3.05, 3.63) is 47.0 Å². The highest BCUT2D eigenvalue weighted by Crippen LogP contribution is 2.64. The van der Waals surface area contributed by atoms with Crippen LogP contribution < -0.4 is 0 Å². The number of carbonyl (C=O) groups excluding carboxylic acids is 4. The Kier molecular flexibility index (Phi) is 9.30. The van der Waals surface area contributed by atoms with Gasteiger partial charge in [0.1, 0.15) is 23.6 Å². The van der Waals surface area contributed by atoms with Crippen LogP contribution in [0.2, 0.25) is 0 Å². The molecule has 1 unspecified atom stereocenters. The van der Waals surface area contributed by atoms with Crippen LogP contribution in [0.3, 0.4) is 0 Å². The van der Waals surface area contributed by atoms with Crippen LogP contribution in [0, 0.1) is 22.7 Å². The monoisotopic (exact) mass is 634 g/mol. The van der Waals surface area contributed by atoms with Gasteiger partial charge in [0.15, 0.2) is 5.60 Å². The topological polar surface area (TPSA) is 157 Å². The summed E-state index contributed by atoms with van der Waals surface area (Å²) in [5, 5.41) is 35.2. The number of aliphatic hydroxyl groups excluding tert-OH is 2. The minimum absolute atomic E-state index is 0.0283. The van der Waals surface area contributed by atoms with E-state index in [9.17, 15) is 34.5 Å². The maximum Gasteiger partial charge on any atom is 0.338 e. The maximum absolute atomic E-state index is 14.5. The third-order valence-corrected chi connectivity index (χ3v) is 10.8. The Morgan fingerprint density at radius 3 is 2.20 bits per heavy atom. The Bertz CT molecular complexity index is 1360. The number of esters is 2. The van der Waals surface area contributed by atoms with E-state index in [4.69, 9.17) is 25.8 Å². The van der Waals surface area contributed by atoms with Crippen LogP contribution in [0.1, 0.15) is 78.1 Å². The lowest BCUT2D eigenvalue weighted by atomic mass is 9.43. The van der Waals surface area contributed by atoms with E-state index < -0.39 is 70.2 Å². The third kappa shape index (κ3) is 5.12. The standard InChI is InChI=1S/C30H38O9.C3H5ClO/c1-15-19(32)13-30(36)25(38-26(35)18-10-8-7-9-11-18)23-28(6,24(34)16(2)22(15)27(30,4)5)20(33)12-21-29(23,14-37-21)39-17(3)31;1-2-3(4)5/h7-11,16,19-21,23,25,32-33,36H,12-14H2,1-6H3;2H2,1H3/t16-,19+,20+,21-,23?,25+,28-,29+,30-;/m1./s1. The van der Waals surface area contributed by atoms with Gasteiger partial charge in [0, 0.05) is 37.5 Å². The van der Waals surface area contributed by atoms with E-state index in [-0.39, 0.29) is 36.0 Å². The van der Waals surface area contributed by atoms with E-state index >= 15 is 0 Å². The molecule has 11 heteroatoms. The highest BCUT2D eigenvalue weighted by molar-refractivity contribution is 6.63. The summed E-state index contributed by atoms with van der Waals surface area (Å²) in [6.45, 7) is 11.5. The highest BCUT2D eigenvalue weighted by atomic mass is 35.5. The lowest BCUT2D eigenvalue weighted by molar-refractivity contribution is -0.345. The van der Waals surface area contributed by atoms with Gasteiger partial charge in [0.2, 0.25) is 5.24 Å². The van der Waals surface area contributed by atoms with Gasteiger partial charge in [-0.3, -0.25) is 14.4 Å². The molecule has 3 aliphatic carbocycles. The van der Waals surface area contributed by atoms with Crippen LogP contribution in [-0.4, -0.2) is 80.5 Å². The van der Waals surface area contributed by atoms with Gasteiger partial charge < -0.3 is 29.5 Å². The average Bonchev–Trinajstić information content (AvgIpc) is 2.95. The van der Waals surface area contributed by atoms with Crippen molar-refractivity contribution in [3.8, 4) is 0 Å². The number of rotatable bonds is 4. The van der Waals surface area contributed by atoms with Crippen molar-refractivity contribution in [2.24, 2.45) is 22.7 Å². The average molecular weight is 635 g/mol. The predicted molar refractivity (Wildman–Crippen MR) is 159 cm³/mol. The second-order valence-electron chi connectivity index (χ2n) is 13.2. The van der Waals surface area contributed by atoms with Crippen LogP contribution >= 0.6 is 11.6 Å². The van der Waals surface area contributed by atoms with E-state index in [1.54, 1.807) is 71.9 Å². The normalized spacial score (nSPS) is 38.8. The summed E-state index contributed by atoms with van der Waals surface area (Å²) in [5.41, 5.74) is -4.73. The van der Waals surface area contributed by atoms with Crippen molar-refractivity contribution >= 4 is 34.6 Å². The number of halogens is 1. The first-order valence-electron chi connectivity index (χ1n) is 15.0. The minimum Gasteiger partial charge on any atom is -0.455 e. The maximum atomic E-state index is 14.5. The number of Topliss-reactive ketones (excluding diaryl/α,β-unsaturated/α-hetero) is 1. The molecule has 0 radical (unpaired) electrons. The minimum atomic E-state index is -1.91. The van der Waals surface area contributed by atoms with Gasteiger partial charge in [-0.05, 0) is 48.7 Å². The molecule has 1 aliphatic heterocycles. The Morgan fingerprint density at radius 2 is 1.70 bits per heavy atom. The number of carbonyl (C=O) groups is 4. The summed E-state index contributed by atoms with van der Waals surface area (Å²) in [7, 11) is 0. The molecule has 10 nitrogen and oxygen atoms in total. The Morgan fingerprint density at radius 1 is 1.11 bits per heavy atom. The fourth-order valence-corrected chi connectivity index (χ4v) is 8.16. The fourth-order valence-electron chi connectivity index (χ4n) is 8.16. The number of aliphatic hydroxyl groups is 3. The zero-order valence-corrected chi connectivity index (χ0v) is 27.0. The van der Waals surface area contributed by atoms with E-state index in [0.29, 0.717) is 17.6 Å². The molecule has 3 fully saturated rings. The van der Waals surface area contributed by atoms with Crippen molar-refractivity contribution in [2.75, 3.05) is 6.61 Å². The van der Waals surface area contributed by atoms with E-state index in [0.717, 1.165) is 0 Å². The number of hydrogen-bond donors (Lipinski definition) is 3. The van der Waals surface area contributed by atoms with Gasteiger partial charge in [0.25, 0.3) is 0 Å². The summed E-state index contributed by atoms with van der Waals surface area (Å²) in [6.07, 6.45) is -4.30.